The second kappa shape index (κ2) is 7.23. The van der Waals surface area contributed by atoms with E-state index in [2.05, 4.69) is 4.98 Å². The fourth-order valence-corrected chi connectivity index (χ4v) is 4.26. The first-order valence-corrected chi connectivity index (χ1v) is 9.33. The van der Waals surface area contributed by atoms with Crippen molar-refractivity contribution in [3.63, 3.8) is 0 Å². The Bertz CT molecular complexity index is 843. The normalized spacial score (nSPS) is 10.8. The standard InChI is InChI=1S/C18H17FN2OS2/c1-3-21(11-13-6-4-7-14(19)10-13)18(22)16-12(2)20-17(24-16)15-8-5-9-23-15/h4-10H,3,11H2,1-2H3. The van der Waals surface area contributed by atoms with Crippen molar-refractivity contribution in [2.24, 2.45) is 0 Å². The van der Waals surface area contributed by atoms with Gasteiger partial charge in [0.1, 0.15) is 15.7 Å². The van der Waals surface area contributed by atoms with E-state index < -0.39 is 0 Å². The summed E-state index contributed by atoms with van der Waals surface area (Å²) >= 11 is 3.03. The number of benzene rings is 1. The summed E-state index contributed by atoms with van der Waals surface area (Å²) in [5.74, 6) is -0.343. The number of thiazole rings is 1. The molecule has 0 unspecified atom stereocenters. The minimum Gasteiger partial charge on any atom is -0.334 e. The highest BCUT2D eigenvalue weighted by atomic mass is 32.1. The highest BCUT2D eigenvalue weighted by Crippen LogP contribution is 2.31. The summed E-state index contributed by atoms with van der Waals surface area (Å²) in [7, 11) is 0. The van der Waals surface area contributed by atoms with Gasteiger partial charge in [-0.1, -0.05) is 18.2 Å². The number of aromatic nitrogens is 1. The van der Waals surface area contributed by atoms with Gasteiger partial charge in [0.05, 0.1) is 10.6 Å². The maximum Gasteiger partial charge on any atom is 0.266 e. The third-order valence-electron chi connectivity index (χ3n) is 3.65. The van der Waals surface area contributed by atoms with Crippen molar-refractivity contribution in [2.75, 3.05) is 6.54 Å². The molecule has 0 N–H and O–H groups in total. The number of amides is 1. The maximum absolute atomic E-state index is 13.4. The molecule has 0 spiro atoms. The second-order valence-corrected chi connectivity index (χ2v) is 7.31. The molecule has 0 bridgehead atoms. The summed E-state index contributed by atoms with van der Waals surface area (Å²) in [6.07, 6.45) is 0. The van der Waals surface area contributed by atoms with Gasteiger partial charge in [0.25, 0.3) is 5.91 Å². The van der Waals surface area contributed by atoms with Crippen molar-refractivity contribution in [3.05, 3.63) is 63.7 Å². The van der Waals surface area contributed by atoms with E-state index in [1.807, 2.05) is 37.4 Å². The summed E-state index contributed by atoms with van der Waals surface area (Å²) in [6.45, 7) is 4.73. The van der Waals surface area contributed by atoms with Crippen LogP contribution in [0.15, 0.2) is 41.8 Å². The second-order valence-electron chi connectivity index (χ2n) is 5.36. The van der Waals surface area contributed by atoms with Gasteiger partial charge in [0, 0.05) is 13.1 Å². The predicted octanol–water partition coefficient (Wildman–Crippen LogP) is 4.98. The van der Waals surface area contributed by atoms with Crippen LogP contribution in [0.4, 0.5) is 4.39 Å². The molecule has 24 heavy (non-hydrogen) atoms. The number of nitrogens with zero attached hydrogens (tertiary/aromatic N) is 2. The number of rotatable bonds is 5. The Kier molecular flexibility index (Phi) is 5.06. The van der Waals surface area contributed by atoms with Gasteiger partial charge in [-0.05, 0) is 43.0 Å². The fourth-order valence-electron chi connectivity index (χ4n) is 2.43. The highest BCUT2D eigenvalue weighted by Gasteiger charge is 2.21. The smallest absolute Gasteiger partial charge is 0.266 e. The molecule has 1 amide bonds. The summed E-state index contributed by atoms with van der Waals surface area (Å²) in [4.78, 5) is 20.8. The Morgan fingerprint density at radius 3 is 2.79 bits per heavy atom. The number of hydrogen-bond donors (Lipinski definition) is 0. The van der Waals surface area contributed by atoms with Gasteiger partial charge >= 0.3 is 0 Å². The number of thiophene rings is 1. The van der Waals surface area contributed by atoms with Crippen LogP contribution in [0, 0.1) is 12.7 Å². The van der Waals surface area contributed by atoms with Crippen LogP contribution in [-0.2, 0) is 6.54 Å². The van der Waals surface area contributed by atoms with Crippen LogP contribution in [0.2, 0.25) is 0 Å². The number of aryl methyl sites for hydroxylation is 1. The van der Waals surface area contributed by atoms with E-state index in [0.717, 1.165) is 21.1 Å². The van der Waals surface area contributed by atoms with E-state index in [0.29, 0.717) is 18.0 Å². The monoisotopic (exact) mass is 360 g/mol. The molecule has 1 aromatic carbocycles. The third-order valence-corrected chi connectivity index (χ3v) is 5.84. The number of halogens is 1. The van der Waals surface area contributed by atoms with Crippen LogP contribution in [0.3, 0.4) is 0 Å². The molecule has 0 aliphatic rings. The molecule has 2 heterocycles. The van der Waals surface area contributed by atoms with Gasteiger partial charge in [0.2, 0.25) is 0 Å². The first kappa shape index (κ1) is 16.8. The fraction of sp³-hybridized carbons (Fsp3) is 0.222. The predicted molar refractivity (Wildman–Crippen MR) is 97.0 cm³/mol. The van der Waals surface area contributed by atoms with Crippen molar-refractivity contribution < 1.29 is 9.18 Å². The molecule has 3 rings (SSSR count). The van der Waals surface area contributed by atoms with E-state index in [9.17, 15) is 9.18 Å². The summed E-state index contributed by atoms with van der Waals surface area (Å²) in [6, 6.07) is 10.3. The average Bonchev–Trinajstić information content (AvgIpc) is 3.21. The zero-order valence-electron chi connectivity index (χ0n) is 13.5. The number of carbonyl (C=O) groups is 1. The van der Waals surface area contributed by atoms with Crippen molar-refractivity contribution in [1.29, 1.82) is 0 Å². The molecule has 3 nitrogen and oxygen atoms in total. The van der Waals surface area contributed by atoms with Gasteiger partial charge < -0.3 is 4.90 Å². The lowest BCUT2D eigenvalue weighted by atomic mass is 10.2. The zero-order chi connectivity index (χ0) is 17.1. The Balaban J connectivity index is 1.84. The molecule has 0 saturated carbocycles. The van der Waals surface area contributed by atoms with E-state index in [-0.39, 0.29) is 11.7 Å². The molecular weight excluding hydrogens is 343 g/mol. The van der Waals surface area contributed by atoms with E-state index >= 15 is 0 Å². The Morgan fingerprint density at radius 2 is 2.12 bits per heavy atom. The summed E-state index contributed by atoms with van der Waals surface area (Å²) < 4.78 is 13.4. The largest absolute Gasteiger partial charge is 0.334 e. The molecule has 0 saturated heterocycles. The third kappa shape index (κ3) is 3.55. The average molecular weight is 360 g/mol. The first-order valence-electron chi connectivity index (χ1n) is 7.63. The van der Waals surface area contributed by atoms with Gasteiger partial charge in [-0.25, -0.2) is 9.37 Å². The maximum atomic E-state index is 13.4. The van der Waals surface area contributed by atoms with E-state index in [1.54, 1.807) is 22.3 Å². The van der Waals surface area contributed by atoms with Crippen molar-refractivity contribution in [2.45, 2.75) is 20.4 Å². The number of carbonyl (C=O) groups excluding carboxylic acids is 1. The van der Waals surface area contributed by atoms with Crippen LogP contribution in [-0.4, -0.2) is 22.3 Å². The molecule has 3 aromatic rings. The summed E-state index contributed by atoms with van der Waals surface area (Å²) in [5, 5.41) is 2.86. The van der Waals surface area contributed by atoms with Crippen molar-refractivity contribution in [1.82, 2.24) is 9.88 Å². The minimum absolute atomic E-state index is 0.0560. The lowest BCUT2D eigenvalue weighted by Gasteiger charge is -2.20. The molecule has 0 aliphatic heterocycles. The quantitative estimate of drug-likeness (QED) is 0.643. The molecule has 0 atom stereocenters. The zero-order valence-corrected chi connectivity index (χ0v) is 15.1. The van der Waals surface area contributed by atoms with Crippen molar-refractivity contribution >= 4 is 28.6 Å². The highest BCUT2D eigenvalue weighted by molar-refractivity contribution is 7.22. The van der Waals surface area contributed by atoms with Crippen LogP contribution in [0.1, 0.15) is 27.9 Å². The van der Waals surface area contributed by atoms with Crippen LogP contribution in [0.25, 0.3) is 9.88 Å². The summed E-state index contributed by atoms with van der Waals surface area (Å²) in [5.41, 5.74) is 1.52. The van der Waals surface area contributed by atoms with Gasteiger partial charge in [-0.15, -0.1) is 22.7 Å². The molecule has 0 fully saturated rings. The molecule has 6 heteroatoms. The SMILES string of the molecule is CCN(Cc1cccc(F)c1)C(=O)c1sc(-c2cccs2)nc1C. The van der Waals surface area contributed by atoms with Gasteiger partial charge in [-0.3, -0.25) is 4.79 Å². The van der Waals surface area contributed by atoms with Crippen LogP contribution >= 0.6 is 22.7 Å². The minimum atomic E-state index is -0.287. The molecule has 124 valence electrons. The van der Waals surface area contributed by atoms with Crippen LogP contribution < -0.4 is 0 Å². The number of hydrogen-bond acceptors (Lipinski definition) is 4. The molecule has 0 radical (unpaired) electrons. The van der Waals surface area contributed by atoms with Crippen molar-refractivity contribution in [3.8, 4) is 9.88 Å². The Hall–Kier alpha value is -2.05. The molecule has 2 aromatic heterocycles. The first-order chi connectivity index (χ1) is 11.6. The Labute approximate surface area is 148 Å². The Morgan fingerprint density at radius 1 is 1.29 bits per heavy atom. The van der Waals surface area contributed by atoms with Gasteiger partial charge in [0.15, 0.2) is 0 Å². The van der Waals surface area contributed by atoms with Crippen LogP contribution in [0.5, 0.6) is 0 Å². The topological polar surface area (TPSA) is 33.2 Å². The van der Waals surface area contributed by atoms with E-state index in [4.69, 9.17) is 0 Å². The lowest BCUT2D eigenvalue weighted by molar-refractivity contribution is 0.0756. The van der Waals surface area contributed by atoms with Gasteiger partial charge in [-0.2, -0.15) is 0 Å². The van der Waals surface area contributed by atoms with E-state index in [1.165, 1.54) is 23.5 Å². The molecular formula is C18H17FN2OS2. The molecule has 0 aliphatic carbocycles. The lowest BCUT2D eigenvalue weighted by Crippen LogP contribution is -2.30.